The van der Waals surface area contributed by atoms with Crippen molar-refractivity contribution in [2.75, 3.05) is 7.11 Å². The van der Waals surface area contributed by atoms with Crippen molar-refractivity contribution < 1.29 is 19.4 Å². The number of hydrogen-bond acceptors (Lipinski definition) is 3. The summed E-state index contributed by atoms with van der Waals surface area (Å²) in [4.78, 5) is 11.8. The van der Waals surface area contributed by atoms with Crippen molar-refractivity contribution in [2.45, 2.75) is 37.7 Å². The van der Waals surface area contributed by atoms with E-state index in [0.29, 0.717) is 17.9 Å². The first-order valence-corrected chi connectivity index (χ1v) is 6.75. The van der Waals surface area contributed by atoms with Gasteiger partial charge in [-0.3, -0.25) is 0 Å². The summed E-state index contributed by atoms with van der Waals surface area (Å²) in [6, 6.07) is 5.62. The molecule has 1 heterocycles. The molecule has 1 aromatic carbocycles. The number of rotatable bonds is 3. The molecule has 4 heteroatoms. The number of hydrogen-bond donors (Lipinski definition) is 1. The van der Waals surface area contributed by atoms with Gasteiger partial charge in [-0.2, -0.15) is 0 Å². The summed E-state index contributed by atoms with van der Waals surface area (Å²) in [6.07, 6.45) is 4.50. The molecule has 0 spiro atoms. The minimum absolute atomic E-state index is 0.0992. The normalized spacial score (nSPS) is 25.9. The Morgan fingerprint density at radius 3 is 2.79 bits per heavy atom. The maximum atomic E-state index is 11.8. The summed E-state index contributed by atoms with van der Waals surface area (Å²) in [5.74, 6) is 0.484. The van der Waals surface area contributed by atoms with E-state index in [-0.39, 0.29) is 5.92 Å². The zero-order valence-electron chi connectivity index (χ0n) is 11.0. The minimum Gasteiger partial charge on any atom is -0.493 e. The molecule has 19 heavy (non-hydrogen) atoms. The molecule has 2 aliphatic rings. The van der Waals surface area contributed by atoms with Crippen LogP contribution in [-0.4, -0.2) is 23.8 Å². The number of ether oxygens (including phenoxy) is 2. The number of aliphatic carboxylic acids is 1. The first-order chi connectivity index (χ1) is 9.17. The van der Waals surface area contributed by atoms with Crippen molar-refractivity contribution in [3.05, 3.63) is 23.8 Å². The lowest BCUT2D eigenvalue weighted by Crippen LogP contribution is -2.49. The van der Waals surface area contributed by atoms with Gasteiger partial charge < -0.3 is 14.6 Å². The highest BCUT2D eigenvalue weighted by atomic mass is 16.6. The highest BCUT2D eigenvalue weighted by Crippen LogP contribution is 2.48. The SMILES string of the molecule is COc1cccc2c1OC(C(=O)O)(C1CCCC1)C2. The maximum Gasteiger partial charge on any atom is 0.348 e. The second kappa shape index (κ2) is 4.44. The van der Waals surface area contributed by atoms with Gasteiger partial charge in [0.2, 0.25) is 5.60 Å². The molecule has 1 N–H and O–H groups in total. The Hall–Kier alpha value is -1.71. The topological polar surface area (TPSA) is 55.8 Å². The van der Waals surface area contributed by atoms with Crippen molar-refractivity contribution in [3.8, 4) is 11.5 Å². The predicted octanol–water partition coefficient (Wildman–Crippen LogP) is 2.64. The number of methoxy groups -OCH3 is 1. The van der Waals surface area contributed by atoms with Crippen LogP contribution in [0.25, 0.3) is 0 Å². The van der Waals surface area contributed by atoms with Crippen LogP contribution in [0.4, 0.5) is 0 Å². The van der Waals surface area contributed by atoms with Gasteiger partial charge in [-0.25, -0.2) is 4.79 Å². The molecule has 102 valence electrons. The van der Waals surface area contributed by atoms with E-state index < -0.39 is 11.6 Å². The average molecular weight is 262 g/mol. The fourth-order valence-electron chi connectivity index (χ4n) is 3.39. The van der Waals surface area contributed by atoms with Gasteiger partial charge >= 0.3 is 5.97 Å². The molecule has 0 radical (unpaired) electrons. The van der Waals surface area contributed by atoms with E-state index in [9.17, 15) is 9.90 Å². The molecular weight excluding hydrogens is 244 g/mol. The van der Waals surface area contributed by atoms with Gasteiger partial charge in [-0.1, -0.05) is 25.0 Å². The fourth-order valence-corrected chi connectivity index (χ4v) is 3.39. The van der Waals surface area contributed by atoms with Gasteiger partial charge in [0.25, 0.3) is 0 Å². The first-order valence-electron chi connectivity index (χ1n) is 6.75. The summed E-state index contributed by atoms with van der Waals surface area (Å²) >= 11 is 0. The Bertz CT molecular complexity index is 505. The van der Waals surface area contributed by atoms with Crippen LogP contribution in [0.1, 0.15) is 31.2 Å². The van der Waals surface area contributed by atoms with Crippen molar-refractivity contribution in [3.63, 3.8) is 0 Å². The molecule has 0 amide bonds. The van der Waals surface area contributed by atoms with Crippen LogP contribution in [0, 0.1) is 5.92 Å². The summed E-state index contributed by atoms with van der Waals surface area (Å²) in [5, 5.41) is 9.69. The standard InChI is InChI=1S/C15H18O4/c1-18-12-8-4-5-10-9-15(14(16)17,19-13(10)12)11-6-2-3-7-11/h4-5,8,11H,2-3,6-7,9H2,1H3,(H,16,17). The molecule has 3 rings (SSSR count). The third kappa shape index (κ3) is 1.78. The van der Waals surface area contributed by atoms with Crippen molar-refractivity contribution in [1.29, 1.82) is 0 Å². The van der Waals surface area contributed by atoms with E-state index in [2.05, 4.69) is 0 Å². The molecule has 1 fully saturated rings. The third-order valence-corrected chi connectivity index (χ3v) is 4.39. The molecule has 4 nitrogen and oxygen atoms in total. The van der Waals surface area contributed by atoms with Gasteiger partial charge in [0.15, 0.2) is 11.5 Å². The molecular formula is C15H18O4. The van der Waals surface area contributed by atoms with Gasteiger partial charge in [0.1, 0.15) is 0 Å². The monoisotopic (exact) mass is 262 g/mol. The Balaban J connectivity index is 2.00. The molecule has 0 bridgehead atoms. The highest BCUT2D eigenvalue weighted by Gasteiger charge is 2.53. The average Bonchev–Trinajstić information content (AvgIpc) is 3.05. The minimum atomic E-state index is -1.09. The Kier molecular flexibility index (Phi) is 2.88. The second-order valence-electron chi connectivity index (χ2n) is 5.40. The number of para-hydroxylation sites is 1. The van der Waals surface area contributed by atoms with Crippen LogP contribution < -0.4 is 9.47 Å². The molecule has 1 aliphatic heterocycles. The van der Waals surface area contributed by atoms with Crippen LogP contribution >= 0.6 is 0 Å². The molecule has 1 aliphatic carbocycles. The summed E-state index contributed by atoms with van der Waals surface area (Å²) < 4.78 is 11.2. The Labute approximate surface area is 112 Å². The summed E-state index contributed by atoms with van der Waals surface area (Å²) in [6.45, 7) is 0. The summed E-state index contributed by atoms with van der Waals surface area (Å²) in [5.41, 5.74) is -0.151. The van der Waals surface area contributed by atoms with Crippen molar-refractivity contribution in [1.82, 2.24) is 0 Å². The van der Waals surface area contributed by atoms with Crippen molar-refractivity contribution in [2.24, 2.45) is 5.92 Å². The number of carboxylic acid groups (broad SMARTS) is 1. The molecule has 1 aromatic rings. The van der Waals surface area contributed by atoms with Crippen LogP contribution in [-0.2, 0) is 11.2 Å². The lowest BCUT2D eigenvalue weighted by atomic mass is 9.82. The van der Waals surface area contributed by atoms with E-state index in [0.717, 1.165) is 31.2 Å². The van der Waals surface area contributed by atoms with E-state index in [1.165, 1.54) is 0 Å². The van der Waals surface area contributed by atoms with Gasteiger partial charge in [0.05, 0.1) is 7.11 Å². The fraction of sp³-hybridized carbons (Fsp3) is 0.533. The van der Waals surface area contributed by atoms with E-state index >= 15 is 0 Å². The quantitative estimate of drug-likeness (QED) is 0.909. The zero-order valence-corrected chi connectivity index (χ0v) is 11.0. The van der Waals surface area contributed by atoms with E-state index in [1.54, 1.807) is 7.11 Å². The molecule has 1 saturated carbocycles. The predicted molar refractivity (Wildman–Crippen MR) is 69.7 cm³/mol. The Morgan fingerprint density at radius 1 is 1.42 bits per heavy atom. The highest BCUT2D eigenvalue weighted by molar-refractivity contribution is 5.81. The van der Waals surface area contributed by atoms with Crippen molar-refractivity contribution >= 4 is 5.97 Å². The van der Waals surface area contributed by atoms with Gasteiger partial charge in [-0.15, -0.1) is 0 Å². The van der Waals surface area contributed by atoms with Crippen LogP contribution in [0.15, 0.2) is 18.2 Å². The van der Waals surface area contributed by atoms with E-state index in [4.69, 9.17) is 9.47 Å². The number of carbonyl (C=O) groups is 1. The summed E-state index contributed by atoms with van der Waals surface area (Å²) in [7, 11) is 1.58. The molecule has 0 aromatic heterocycles. The third-order valence-electron chi connectivity index (χ3n) is 4.39. The Morgan fingerprint density at radius 2 is 2.16 bits per heavy atom. The molecule has 1 atom stereocenters. The number of fused-ring (bicyclic) bond motifs is 1. The zero-order chi connectivity index (χ0) is 13.5. The lowest BCUT2D eigenvalue weighted by molar-refractivity contribution is -0.158. The second-order valence-corrected chi connectivity index (χ2v) is 5.40. The van der Waals surface area contributed by atoms with Crippen LogP contribution in [0.2, 0.25) is 0 Å². The smallest absolute Gasteiger partial charge is 0.348 e. The molecule has 1 unspecified atom stereocenters. The van der Waals surface area contributed by atoms with E-state index in [1.807, 2.05) is 18.2 Å². The van der Waals surface area contributed by atoms with Gasteiger partial charge in [-0.05, 0) is 18.9 Å². The van der Waals surface area contributed by atoms with Crippen LogP contribution in [0.5, 0.6) is 11.5 Å². The van der Waals surface area contributed by atoms with Crippen LogP contribution in [0.3, 0.4) is 0 Å². The first kappa shape index (κ1) is 12.3. The van der Waals surface area contributed by atoms with Gasteiger partial charge in [0, 0.05) is 17.9 Å². The maximum absolute atomic E-state index is 11.8. The number of carboxylic acids is 1. The molecule has 0 saturated heterocycles. The largest absolute Gasteiger partial charge is 0.493 e. The lowest BCUT2D eigenvalue weighted by Gasteiger charge is -2.30. The number of benzene rings is 1.